The zero-order valence-corrected chi connectivity index (χ0v) is 11.8. The molecule has 4 nitrogen and oxygen atoms in total. The van der Waals surface area contributed by atoms with E-state index >= 15 is 0 Å². The van der Waals surface area contributed by atoms with Crippen LogP contribution >= 0.6 is 0 Å². The number of nitrogens with zero attached hydrogens (tertiary/aromatic N) is 2. The Morgan fingerprint density at radius 1 is 1.44 bits per heavy atom. The molecule has 4 heteroatoms. The molecule has 1 fully saturated rings. The quantitative estimate of drug-likeness (QED) is 0.894. The molecule has 0 aliphatic carbocycles. The van der Waals surface area contributed by atoms with Crippen molar-refractivity contribution in [3.8, 4) is 5.75 Å². The summed E-state index contributed by atoms with van der Waals surface area (Å²) in [7, 11) is 1.73. The van der Waals surface area contributed by atoms with Crippen molar-refractivity contribution in [1.82, 2.24) is 15.1 Å². The number of aryl methyl sites for hydroxylation is 1. The lowest BCUT2D eigenvalue weighted by atomic mass is 9.91. The predicted octanol–water partition coefficient (Wildman–Crippen LogP) is 2.68. The standard InChI is InChI=1S/C14H25N3O/c1-4-10-17-13(12(18-3)11-16-17)14(2)8-6-5-7-9-15-14/h11,15H,4-10H2,1-3H3. The third-order valence-electron chi connectivity index (χ3n) is 3.85. The van der Waals surface area contributed by atoms with E-state index in [1.54, 1.807) is 7.11 Å². The van der Waals surface area contributed by atoms with Crippen molar-refractivity contribution in [1.29, 1.82) is 0 Å². The molecule has 1 unspecified atom stereocenters. The normalized spacial score (nSPS) is 24.8. The molecule has 1 atom stereocenters. The van der Waals surface area contributed by atoms with Crippen LogP contribution in [0.15, 0.2) is 6.20 Å². The van der Waals surface area contributed by atoms with Crippen LogP contribution in [-0.2, 0) is 12.1 Å². The summed E-state index contributed by atoms with van der Waals surface area (Å²) in [6.45, 7) is 6.50. The Morgan fingerprint density at radius 3 is 3.00 bits per heavy atom. The number of methoxy groups -OCH3 is 1. The fraction of sp³-hybridized carbons (Fsp3) is 0.786. The highest BCUT2D eigenvalue weighted by Crippen LogP contribution is 2.35. The summed E-state index contributed by atoms with van der Waals surface area (Å²) < 4.78 is 7.62. The number of ether oxygens (including phenoxy) is 1. The maximum atomic E-state index is 5.51. The number of nitrogens with one attached hydrogen (secondary N) is 1. The Kier molecular flexibility index (Phi) is 4.27. The SMILES string of the molecule is CCCn1ncc(OC)c1C1(C)CCCCCN1. The molecule has 1 saturated heterocycles. The van der Waals surface area contributed by atoms with Crippen LogP contribution in [0.5, 0.6) is 5.75 Å². The summed E-state index contributed by atoms with van der Waals surface area (Å²) in [5.41, 5.74) is 1.21. The first-order valence-corrected chi connectivity index (χ1v) is 7.06. The average molecular weight is 251 g/mol. The Hall–Kier alpha value is -1.03. The number of aromatic nitrogens is 2. The van der Waals surface area contributed by atoms with Gasteiger partial charge in [0.05, 0.1) is 18.8 Å². The molecule has 1 aliphatic heterocycles. The first-order valence-electron chi connectivity index (χ1n) is 7.06. The van der Waals surface area contributed by atoms with Crippen molar-refractivity contribution in [2.24, 2.45) is 0 Å². The van der Waals surface area contributed by atoms with Crippen LogP contribution < -0.4 is 10.1 Å². The van der Waals surface area contributed by atoms with E-state index in [1.807, 2.05) is 6.20 Å². The van der Waals surface area contributed by atoms with E-state index in [4.69, 9.17) is 4.74 Å². The van der Waals surface area contributed by atoms with Crippen molar-refractivity contribution in [3.05, 3.63) is 11.9 Å². The monoisotopic (exact) mass is 251 g/mol. The van der Waals surface area contributed by atoms with Gasteiger partial charge in [-0.15, -0.1) is 0 Å². The summed E-state index contributed by atoms with van der Waals surface area (Å²) in [6.07, 6.45) is 7.94. The fourth-order valence-electron chi connectivity index (χ4n) is 2.89. The van der Waals surface area contributed by atoms with E-state index in [9.17, 15) is 0 Å². The summed E-state index contributed by atoms with van der Waals surface area (Å²) in [5, 5.41) is 8.17. The molecule has 0 aromatic carbocycles. The van der Waals surface area contributed by atoms with Gasteiger partial charge in [-0.1, -0.05) is 19.8 Å². The third kappa shape index (κ3) is 2.53. The molecule has 1 aromatic rings. The van der Waals surface area contributed by atoms with E-state index in [2.05, 4.69) is 28.9 Å². The van der Waals surface area contributed by atoms with Gasteiger partial charge in [0.25, 0.3) is 0 Å². The average Bonchev–Trinajstić information content (AvgIpc) is 2.65. The minimum Gasteiger partial charge on any atom is -0.493 e. The minimum atomic E-state index is -0.00644. The van der Waals surface area contributed by atoms with Crippen molar-refractivity contribution >= 4 is 0 Å². The van der Waals surface area contributed by atoms with Crippen LogP contribution in [-0.4, -0.2) is 23.4 Å². The maximum absolute atomic E-state index is 5.51. The highest BCUT2D eigenvalue weighted by Gasteiger charge is 2.33. The van der Waals surface area contributed by atoms with E-state index in [-0.39, 0.29) is 5.54 Å². The van der Waals surface area contributed by atoms with Gasteiger partial charge in [-0.05, 0) is 32.7 Å². The molecule has 1 N–H and O–H groups in total. The zero-order chi connectivity index (χ0) is 13.0. The molecule has 2 heterocycles. The fourth-order valence-corrected chi connectivity index (χ4v) is 2.89. The summed E-state index contributed by atoms with van der Waals surface area (Å²) in [5.74, 6) is 0.917. The molecule has 0 radical (unpaired) electrons. The largest absolute Gasteiger partial charge is 0.493 e. The van der Waals surface area contributed by atoms with Gasteiger partial charge in [-0.3, -0.25) is 4.68 Å². The van der Waals surface area contributed by atoms with E-state index in [1.165, 1.54) is 25.0 Å². The molecule has 2 rings (SSSR count). The molecule has 0 saturated carbocycles. The van der Waals surface area contributed by atoms with Gasteiger partial charge in [0, 0.05) is 6.54 Å². The van der Waals surface area contributed by atoms with Gasteiger partial charge in [-0.25, -0.2) is 0 Å². The molecule has 0 amide bonds. The van der Waals surface area contributed by atoms with Crippen LogP contribution in [0.4, 0.5) is 0 Å². The van der Waals surface area contributed by atoms with Crippen LogP contribution in [0.1, 0.15) is 51.6 Å². The molecule has 1 aliphatic rings. The third-order valence-corrected chi connectivity index (χ3v) is 3.85. The second-order valence-electron chi connectivity index (χ2n) is 5.35. The van der Waals surface area contributed by atoms with E-state index < -0.39 is 0 Å². The van der Waals surface area contributed by atoms with Crippen molar-refractivity contribution in [2.45, 2.75) is 58.0 Å². The van der Waals surface area contributed by atoms with Crippen molar-refractivity contribution in [3.63, 3.8) is 0 Å². The Bertz CT molecular complexity index is 378. The van der Waals surface area contributed by atoms with Crippen molar-refractivity contribution < 1.29 is 4.74 Å². The lowest BCUT2D eigenvalue weighted by Gasteiger charge is -2.31. The van der Waals surface area contributed by atoms with Crippen LogP contribution in [0.2, 0.25) is 0 Å². The van der Waals surface area contributed by atoms with E-state index in [0.717, 1.165) is 31.7 Å². The second-order valence-corrected chi connectivity index (χ2v) is 5.35. The van der Waals surface area contributed by atoms with Crippen LogP contribution in [0.25, 0.3) is 0 Å². The van der Waals surface area contributed by atoms with Crippen LogP contribution in [0.3, 0.4) is 0 Å². The van der Waals surface area contributed by atoms with Gasteiger partial charge in [-0.2, -0.15) is 5.10 Å². The smallest absolute Gasteiger partial charge is 0.161 e. The molecule has 0 bridgehead atoms. The van der Waals surface area contributed by atoms with Crippen LogP contribution in [0, 0.1) is 0 Å². The zero-order valence-electron chi connectivity index (χ0n) is 11.8. The maximum Gasteiger partial charge on any atom is 0.161 e. The number of hydrogen-bond acceptors (Lipinski definition) is 3. The first kappa shape index (κ1) is 13.4. The summed E-state index contributed by atoms with van der Waals surface area (Å²) >= 11 is 0. The van der Waals surface area contributed by atoms with Gasteiger partial charge in [0.1, 0.15) is 5.69 Å². The summed E-state index contributed by atoms with van der Waals surface area (Å²) in [4.78, 5) is 0. The molecular weight excluding hydrogens is 226 g/mol. The van der Waals surface area contributed by atoms with E-state index in [0.29, 0.717) is 0 Å². The molecule has 1 aromatic heterocycles. The van der Waals surface area contributed by atoms with Crippen molar-refractivity contribution in [2.75, 3.05) is 13.7 Å². The Labute approximate surface area is 110 Å². The summed E-state index contributed by atoms with van der Waals surface area (Å²) in [6, 6.07) is 0. The lowest BCUT2D eigenvalue weighted by molar-refractivity contribution is 0.307. The Balaban J connectivity index is 2.36. The molecule has 102 valence electrons. The predicted molar refractivity (Wildman–Crippen MR) is 72.9 cm³/mol. The number of rotatable bonds is 4. The second kappa shape index (κ2) is 5.74. The molecule has 18 heavy (non-hydrogen) atoms. The van der Waals surface area contributed by atoms with Gasteiger partial charge in [0.15, 0.2) is 5.75 Å². The Morgan fingerprint density at radius 2 is 2.28 bits per heavy atom. The molecule has 0 spiro atoms. The topological polar surface area (TPSA) is 39.1 Å². The van der Waals surface area contributed by atoms with Gasteiger partial charge < -0.3 is 10.1 Å². The lowest BCUT2D eigenvalue weighted by Crippen LogP contribution is -2.41. The highest BCUT2D eigenvalue weighted by molar-refractivity contribution is 5.32. The highest BCUT2D eigenvalue weighted by atomic mass is 16.5. The number of hydrogen-bond donors (Lipinski definition) is 1. The van der Waals surface area contributed by atoms with Gasteiger partial charge >= 0.3 is 0 Å². The minimum absolute atomic E-state index is 0.00644. The molecular formula is C14H25N3O. The van der Waals surface area contributed by atoms with Gasteiger partial charge in [0.2, 0.25) is 0 Å². The first-order chi connectivity index (χ1) is 8.71.